The molecule has 0 aromatic heterocycles. The maximum Gasteiger partial charge on any atom is 0.242 e. The molecule has 1 heterocycles. The third kappa shape index (κ3) is 7.61. The minimum Gasteiger partial charge on any atom is -0.494 e. The molecular formula is C27H37ClN2O6S. The van der Waals surface area contributed by atoms with Crippen LogP contribution in [0.3, 0.4) is 0 Å². The Hall–Kier alpha value is -2.30. The first kappa shape index (κ1) is 29.3. The molecule has 1 saturated heterocycles. The molecule has 0 bridgehead atoms. The van der Waals surface area contributed by atoms with Crippen molar-refractivity contribution in [1.82, 2.24) is 5.32 Å². The van der Waals surface area contributed by atoms with Gasteiger partial charge >= 0.3 is 0 Å². The maximum absolute atomic E-state index is 12.0. The van der Waals surface area contributed by atoms with Gasteiger partial charge in [0.15, 0.2) is 0 Å². The summed E-state index contributed by atoms with van der Waals surface area (Å²) >= 11 is 6.48. The summed E-state index contributed by atoms with van der Waals surface area (Å²) < 4.78 is 5.74. The number of nitrogens with one attached hydrogen (secondary N) is 1. The number of ether oxygens (including phenoxy) is 1. The molecule has 2 amide bonds. The van der Waals surface area contributed by atoms with Gasteiger partial charge in [-0.15, -0.1) is 0 Å². The number of primary amides is 1. The Morgan fingerprint density at radius 2 is 1.81 bits per heavy atom. The molecule has 1 aliphatic rings. The molecule has 6 N–H and O–H groups in total. The number of hydrogen-bond donors (Lipinski definition) is 6. The maximum atomic E-state index is 12.0. The van der Waals surface area contributed by atoms with E-state index in [2.05, 4.69) is 5.32 Å². The highest BCUT2D eigenvalue weighted by Crippen LogP contribution is 2.48. The molecule has 0 saturated carbocycles. The van der Waals surface area contributed by atoms with Crippen LogP contribution in [-0.2, 0) is 16.0 Å². The minimum atomic E-state index is -1.16. The number of rotatable bonds is 10. The summed E-state index contributed by atoms with van der Waals surface area (Å²) in [6.07, 6.45) is 0.232. The van der Waals surface area contributed by atoms with Gasteiger partial charge in [-0.1, -0.05) is 35.9 Å². The Labute approximate surface area is 225 Å². The van der Waals surface area contributed by atoms with Crippen LogP contribution in [0.1, 0.15) is 48.6 Å². The van der Waals surface area contributed by atoms with Crippen molar-refractivity contribution < 1.29 is 29.6 Å². The Morgan fingerprint density at radius 1 is 1.14 bits per heavy atom. The summed E-state index contributed by atoms with van der Waals surface area (Å²) in [4.78, 5) is 23.3. The molecule has 1 fully saturated rings. The van der Waals surface area contributed by atoms with E-state index in [0.29, 0.717) is 36.0 Å². The predicted octanol–water partition coefficient (Wildman–Crippen LogP) is 2.24. The summed E-state index contributed by atoms with van der Waals surface area (Å²) in [6.45, 7) is 3.47. The van der Waals surface area contributed by atoms with E-state index in [-0.39, 0.29) is 17.6 Å². The van der Waals surface area contributed by atoms with Crippen LogP contribution in [0.2, 0.25) is 5.02 Å². The largest absolute Gasteiger partial charge is 0.494 e. The summed E-state index contributed by atoms with van der Waals surface area (Å²) in [5.74, 6) is 0.305. The number of thiol groups is 1. The number of nitrogens with two attached hydrogens (primary N) is 1. The van der Waals surface area contributed by atoms with Gasteiger partial charge in [0.05, 0.1) is 18.8 Å². The molecule has 10 heteroatoms. The molecule has 0 aliphatic carbocycles. The van der Waals surface area contributed by atoms with E-state index < -0.39 is 40.7 Å². The number of benzene rings is 2. The number of carbonyl (C=O) groups excluding carboxylic acids is 2. The fourth-order valence-corrected chi connectivity index (χ4v) is 6.96. The lowest BCUT2D eigenvalue weighted by atomic mass is 9.96. The van der Waals surface area contributed by atoms with Crippen LogP contribution >= 0.6 is 22.5 Å². The minimum absolute atomic E-state index is 0.218. The zero-order chi connectivity index (χ0) is 27.3. The molecule has 2 aromatic rings. The Bertz CT molecular complexity index is 1100. The first-order valence-electron chi connectivity index (χ1n) is 12.2. The molecule has 8 nitrogen and oxygen atoms in total. The van der Waals surface area contributed by atoms with Crippen molar-refractivity contribution in [3.05, 3.63) is 64.2 Å². The second-order valence-corrected chi connectivity index (χ2v) is 12.9. The lowest BCUT2D eigenvalue weighted by Gasteiger charge is -2.42. The first-order valence-corrected chi connectivity index (χ1v) is 14.7. The number of aliphatic hydroxyl groups is 3. The van der Waals surface area contributed by atoms with Crippen LogP contribution in [0.4, 0.5) is 0 Å². The average Bonchev–Trinajstić information content (AvgIpc) is 2.83. The highest BCUT2D eigenvalue weighted by atomic mass is 35.5. The monoisotopic (exact) mass is 552 g/mol. The van der Waals surface area contributed by atoms with Gasteiger partial charge in [0, 0.05) is 22.4 Å². The van der Waals surface area contributed by atoms with Gasteiger partial charge in [-0.25, -0.2) is 10.9 Å². The van der Waals surface area contributed by atoms with Gasteiger partial charge in [0.2, 0.25) is 11.8 Å². The summed E-state index contributed by atoms with van der Waals surface area (Å²) in [5.41, 5.74) is 7.03. The fourth-order valence-electron chi connectivity index (χ4n) is 4.38. The Kier molecular flexibility index (Phi) is 9.88. The van der Waals surface area contributed by atoms with Crippen LogP contribution in [0, 0.1) is 0 Å². The van der Waals surface area contributed by atoms with Gasteiger partial charge in [0.25, 0.3) is 0 Å². The van der Waals surface area contributed by atoms with Crippen molar-refractivity contribution in [3.8, 4) is 5.75 Å². The second-order valence-electron chi connectivity index (χ2n) is 10.1. The van der Waals surface area contributed by atoms with Crippen LogP contribution in [-0.4, -0.2) is 69.6 Å². The fraction of sp³-hybridized carbons (Fsp3) is 0.481. The number of amides is 2. The molecule has 3 rings (SSSR count). The lowest BCUT2D eigenvalue weighted by Crippen LogP contribution is -2.53. The molecular weight excluding hydrogens is 516 g/mol. The zero-order valence-corrected chi connectivity index (χ0v) is 23.0. The summed E-state index contributed by atoms with van der Waals surface area (Å²) in [7, 11) is -0.709. The molecule has 204 valence electrons. The number of hydrogen-bond acceptors (Lipinski definition) is 6. The third-order valence-corrected chi connectivity index (χ3v) is 9.50. The van der Waals surface area contributed by atoms with Gasteiger partial charge in [-0.2, -0.15) is 0 Å². The molecule has 1 unspecified atom stereocenters. The van der Waals surface area contributed by atoms with E-state index in [1.807, 2.05) is 48.7 Å². The first-order chi connectivity index (χ1) is 17.4. The predicted molar refractivity (Wildman–Crippen MR) is 147 cm³/mol. The Morgan fingerprint density at radius 3 is 2.46 bits per heavy atom. The van der Waals surface area contributed by atoms with E-state index in [0.717, 1.165) is 16.7 Å². The average molecular weight is 553 g/mol. The highest BCUT2D eigenvalue weighted by molar-refractivity contribution is 8.16. The van der Waals surface area contributed by atoms with Crippen molar-refractivity contribution in [1.29, 1.82) is 0 Å². The van der Waals surface area contributed by atoms with Crippen LogP contribution in [0.5, 0.6) is 5.75 Å². The van der Waals surface area contributed by atoms with Crippen LogP contribution < -0.4 is 15.8 Å². The lowest BCUT2D eigenvalue weighted by molar-refractivity contribution is -0.130. The van der Waals surface area contributed by atoms with Gasteiger partial charge in [-0.05, 0) is 67.8 Å². The van der Waals surface area contributed by atoms with Crippen molar-refractivity contribution >= 4 is 34.3 Å². The van der Waals surface area contributed by atoms with E-state index in [1.54, 1.807) is 13.8 Å². The molecule has 0 spiro atoms. The van der Waals surface area contributed by atoms with Gasteiger partial charge in [0.1, 0.15) is 17.4 Å². The molecule has 1 aliphatic heterocycles. The van der Waals surface area contributed by atoms with E-state index in [1.165, 1.54) is 0 Å². The standard InChI is InChI=1S/C27H37ClN2O6S/c1-27(2,26(29)35)30-22(32)5-4-12-36-19-9-6-16(7-10-19)13-18-14-17(8-11-20(18)28)25-24(34)23(33)21(31)15-37(25)3/h6-11,14,21,23-25,31,33-34,37H,4-5,12-13,15H2,1-3H3,(H2,29,35)(H,30,32)/t21-,23-,24-,25+/m1/s1. The Balaban J connectivity index is 1.56. The van der Waals surface area contributed by atoms with Crippen LogP contribution in [0.15, 0.2) is 42.5 Å². The number of aliphatic hydroxyl groups excluding tert-OH is 3. The van der Waals surface area contributed by atoms with Gasteiger partial charge in [-0.3, -0.25) is 9.59 Å². The quantitative estimate of drug-likeness (QED) is 0.197. The zero-order valence-electron chi connectivity index (χ0n) is 21.4. The van der Waals surface area contributed by atoms with Crippen molar-refractivity contribution in [2.24, 2.45) is 5.73 Å². The van der Waals surface area contributed by atoms with Gasteiger partial charge < -0.3 is 31.1 Å². The normalized spacial score (nSPS) is 24.9. The summed E-state index contributed by atoms with van der Waals surface area (Å²) in [5, 5.41) is 33.8. The highest BCUT2D eigenvalue weighted by Gasteiger charge is 2.40. The van der Waals surface area contributed by atoms with E-state index in [4.69, 9.17) is 22.1 Å². The number of carbonyl (C=O) groups is 2. The third-order valence-electron chi connectivity index (χ3n) is 6.63. The van der Waals surface area contributed by atoms with E-state index >= 15 is 0 Å². The van der Waals surface area contributed by atoms with E-state index in [9.17, 15) is 24.9 Å². The van der Waals surface area contributed by atoms with Crippen molar-refractivity contribution in [3.63, 3.8) is 0 Å². The molecule has 37 heavy (non-hydrogen) atoms. The molecule has 5 atom stereocenters. The number of halogens is 1. The second kappa shape index (κ2) is 12.5. The van der Waals surface area contributed by atoms with Crippen molar-refractivity contribution in [2.45, 2.75) is 62.2 Å². The molecule has 2 aromatic carbocycles. The SMILES string of the molecule is C[SH]1C[C@@H](O)[C@@H](O)[C@@H](O)[C@@H]1c1ccc(Cl)c(Cc2ccc(OCCCC(=O)NC(C)(C)C(N)=O)cc2)c1. The topological polar surface area (TPSA) is 142 Å². The smallest absolute Gasteiger partial charge is 0.242 e. The van der Waals surface area contributed by atoms with Crippen molar-refractivity contribution in [2.75, 3.05) is 18.6 Å². The summed E-state index contributed by atoms with van der Waals surface area (Å²) in [6, 6.07) is 13.3. The van der Waals surface area contributed by atoms with Crippen LogP contribution in [0.25, 0.3) is 0 Å². The molecule has 0 radical (unpaired) electrons.